The summed E-state index contributed by atoms with van der Waals surface area (Å²) in [6.45, 7) is 4.58. The average Bonchev–Trinajstić information content (AvgIpc) is 2.85. The van der Waals surface area contributed by atoms with Gasteiger partial charge in [-0.1, -0.05) is 6.92 Å². The van der Waals surface area contributed by atoms with Gasteiger partial charge in [-0.05, 0) is 25.7 Å². The Labute approximate surface area is 149 Å². The van der Waals surface area contributed by atoms with Crippen LogP contribution in [-0.2, 0) is 21.9 Å². The number of carbonyl (C=O) groups excluding carboxylic acids is 1. The Morgan fingerprint density at radius 2 is 2.17 bits per heavy atom. The van der Waals surface area contributed by atoms with Crippen LogP contribution in [-0.4, -0.2) is 54.5 Å². The summed E-state index contributed by atoms with van der Waals surface area (Å²) in [5, 5.41) is -0.0760. The molecule has 0 spiro atoms. The van der Waals surface area contributed by atoms with Crippen LogP contribution >= 0.6 is 12.4 Å². The van der Waals surface area contributed by atoms with E-state index in [9.17, 15) is 13.2 Å². The fourth-order valence-electron chi connectivity index (χ4n) is 2.79. The minimum atomic E-state index is -3.79. The smallest absolute Gasteiger partial charge is 0.260 e. The first-order chi connectivity index (χ1) is 10.7. The number of hydrogen-bond donors (Lipinski definition) is 2. The predicted octanol–water partition coefficient (Wildman–Crippen LogP) is 0.0144. The molecule has 1 saturated heterocycles. The van der Waals surface area contributed by atoms with Crippen LogP contribution in [0.5, 0.6) is 0 Å². The number of aryl methyl sites for hydroxylation is 2. The lowest BCUT2D eigenvalue weighted by Gasteiger charge is -2.38. The van der Waals surface area contributed by atoms with Crippen molar-refractivity contribution in [2.24, 2.45) is 18.7 Å². The Hall–Kier alpha value is -1.16. The molecule has 1 amide bonds. The number of nitrogens with zero attached hydrogens (tertiary/aromatic N) is 3. The van der Waals surface area contributed by atoms with Crippen LogP contribution < -0.4 is 10.5 Å². The molecule has 0 bridgehead atoms. The number of piperidine rings is 1. The summed E-state index contributed by atoms with van der Waals surface area (Å²) in [6, 6.07) is -0.0205. The summed E-state index contributed by atoms with van der Waals surface area (Å²) in [6.07, 6.45) is 3.19. The topological polar surface area (TPSA) is 110 Å². The molecule has 2 atom stereocenters. The highest BCUT2D eigenvalue weighted by molar-refractivity contribution is 7.89. The Balaban J connectivity index is 0.00000288. The van der Waals surface area contributed by atoms with Gasteiger partial charge in [0.2, 0.25) is 5.91 Å². The fraction of sp³-hybridized carbons (Fsp3) is 0.714. The van der Waals surface area contributed by atoms with Crippen molar-refractivity contribution in [2.75, 3.05) is 19.6 Å². The first kappa shape index (κ1) is 20.9. The number of nitrogens with two attached hydrogens (primary N) is 1. The second kappa shape index (κ2) is 8.28. The molecule has 24 heavy (non-hydrogen) atoms. The fourth-order valence-corrected chi connectivity index (χ4v) is 3.80. The van der Waals surface area contributed by atoms with Crippen LogP contribution in [0.2, 0.25) is 0 Å². The highest BCUT2D eigenvalue weighted by Gasteiger charge is 2.29. The molecule has 0 saturated carbocycles. The van der Waals surface area contributed by atoms with E-state index < -0.39 is 10.0 Å². The molecule has 1 aliphatic heterocycles. The van der Waals surface area contributed by atoms with Crippen molar-refractivity contribution in [2.45, 2.75) is 37.8 Å². The minimum absolute atomic E-state index is 0. The zero-order valence-electron chi connectivity index (χ0n) is 14.2. The van der Waals surface area contributed by atoms with Crippen molar-refractivity contribution in [3.05, 3.63) is 12.0 Å². The zero-order chi connectivity index (χ0) is 17.2. The largest absolute Gasteiger partial charge is 0.337 e. The molecule has 1 aromatic rings. The Kier molecular flexibility index (Phi) is 7.21. The van der Waals surface area contributed by atoms with E-state index in [-0.39, 0.29) is 35.9 Å². The summed E-state index contributed by atoms with van der Waals surface area (Å²) in [5.74, 6) is 0.870. The van der Waals surface area contributed by atoms with Crippen LogP contribution in [0.15, 0.2) is 11.2 Å². The monoisotopic (exact) mass is 379 g/mol. The molecule has 1 fully saturated rings. The molecule has 1 aliphatic rings. The lowest BCUT2D eigenvalue weighted by atomic mass is 9.92. The number of halogens is 1. The van der Waals surface area contributed by atoms with Crippen LogP contribution in [0.25, 0.3) is 0 Å². The van der Waals surface area contributed by atoms with E-state index in [0.717, 1.165) is 12.8 Å². The molecule has 1 aromatic heterocycles. The number of rotatable bonds is 5. The van der Waals surface area contributed by atoms with Crippen LogP contribution in [0.3, 0.4) is 0 Å². The average molecular weight is 380 g/mol. The van der Waals surface area contributed by atoms with Crippen molar-refractivity contribution < 1.29 is 13.2 Å². The number of amides is 1. The van der Waals surface area contributed by atoms with E-state index in [1.807, 2.05) is 0 Å². The number of sulfonamides is 1. The molecule has 8 nitrogen and oxygen atoms in total. The number of imidazole rings is 1. The van der Waals surface area contributed by atoms with Gasteiger partial charge in [0.05, 0.1) is 6.54 Å². The summed E-state index contributed by atoms with van der Waals surface area (Å²) in [5.41, 5.74) is 5.74. The van der Waals surface area contributed by atoms with Gasteiger partial charge in [-0.15, -0.1) is 12.4 Å². The van der Waals surface area contributed by atoms with Crippen molar-refractivity contribution in [3.8, 4) is 0 Å². The van der Waals surface area contributed by atoms with E-state index >= 15 is 0 Å². The van der Waals surface area contributed by atoms with Gasteiger partial charge in [0, 0.05) is 32.4 Å². The van der Waals surface area contributed by atoms with E-state index in [1.54, 1.807) is 23.4 Å². The van der Waals surface area contributed by atoms with E-state index in [2.05, 4.69) is 16.6 Å². The van der Waals surface area contributed by atoms with Crippen LogP contribution in [0, 0.1) is 12.8 Å². The Morgan fingerprint density at radius 3 is 2.71 bits per heavy atom. The van der Waals surface area contributed by atoms with Gasteiger partial charge >= 0.3 is 0 Å². The summed E-state index contributed by atoms with van der Waals surface area (Å²) >= 11 is 0. The molecule has 0 aromatic carbocycles. The van der Waals surface area contributed by atoms with Gasteiger partial charge < -0.3 is 15.2 Å². The minimum Gasteiger partial charge on any atom is -0.337 e. The number of nitrogens with one attached hydrogen (secondary N) is 1. The van der Waals surface area contributed by atoms with Gasteiger partial charge in [-0.2, -0.15) is 0 Å². The molecule has 0 aliphatic carbocycles. The lowest BCUT2D eigenvalue weighted by molar-refractivity contribution is -0.133. The predicted molar refractivity (Wildman–Crippen MR) is 93.3 cm³/mol. The maximum atomic E-state index is 12.3. The van der Waals surface area contributed by atoms with Gasteiger partial charge in [0.15, 0.2) is 5.03 Å². The van der Waals surface area contributed by atoms with Gasteiger partial charge in [0.25, 0.3) is 10.0 Å². The molecular weight excluding hydrogens is 354 g/mol. The van der Waals surface area contributed by atoms with Crippen molar-refractivity contribution in [1.29, 1.82) is 0 Å². The maximum Gasteiger partial charge on any atom is 0.260 e. The molecule has 2 heterocycles. The van der Waals surface area contributed by atoms with Crippen molar-refractivity contribution >= 4 is 28.3 Å². The third-order valence-electron chi connectivity index (χ3n) is 4.35. The second-order valence-electron chi connectivity index (χ2n) is 6.17. The third-order valence-corrected chi connectivity index (χ3v) is 5.62. The van der Waals surface area contributed by atoms with Gasteiger partial charge in [-0.3, -0.25) is 4.79 Å². The van der Waals surface area contributed by atoms with E-state index in [0.29, 0.717) is 24.8 Å². The highest BCUT2D eigenvalue weighted by Crippen LogP contribution is 2.21. The molecule has 0 radical (unpaired) electrons. The van der Waals surface area contributed by atoms with Crippen LogP contribution in [0.4, 0.5) is 0 Å². The first-order valence-corrected chi connectivity index (χ1v) is 9.22. The third kappa shape index (κ3) is 4.69. The second-order valence-corrected chi connectivity index (χ2v) is 7.88. The van der Waals surface area contributed by atoms with E-state index in [1.165, 1.54) is 6.20 Å². The molecule has 10 heteroatoms. The van der Waals surface area contributed by atoms with Crippen molar-refractivity contribution in [1.82, 2.24) is 19.2 Å². The standard InChI is InChI=1S/C14H25N5O3S.ClH/c1-10-4-5-19(12(6-10)7-15)14(20)8-16-23(21,22)13-9-18(3)11(2)17-13;/h9-10,12,16H,4-8,15H2,1-3H3;1H. The number of likely N-dealkylation sites (tertiary alicyclic amines) is 1. The number of aromatic nitrogens is 2. The maximum absolute atomic E-state index is 12.3. The van der Waals surface area contributed by atoms with Crippen molar-refractivity contribution in [3.63, 3.8) is 0 Å². The first-order valence-electron chi connectivity index (χ1n) is 7.73. The van der Waals surface area contributed by atoms with Gasteiger partial charge in [-0.25, -0.2) is 18.1 Å². The quantitative estimate of drug-likeness (QED) is 0.749. The molecule has 138 valence electrons. The molecular formula is C14H26ClN5O3S. The molecule has 2 rings (SSSR count). The SMILES string of the molecule is Cc1nc(S(=O)(=O)NCC(=O)N2CCC(C)CC2CN)cn1C.Cl. The van der Waals surface area contributed by atoms with E-state index in [4.69, 9.17) is 5.73 Å². The number of carbonyl (C=O) groups is 1. The molecule has 2 unspecified atom stereocenters. The normalized spacial score (nSPS) is 21.4. The van der Waals surface area contributed by atoms with Gasteiger partial charge in [0.1, 0.15) is 5.82 Å². The molecule has 3 N–H and O–H groups in total. The highest BCUT2D eigenvalue weighted by atomic mass is 35.5. The number of hydrogen-bond acceptors (Lipinski definition) is 5. The summed E-state index contributed by atoms with van der Waals surface area (Å²) < 4.78 is 28.4. The summed E-state index contributed by atoms with van der Waals surface area (Å²) in [7, 11) is -2.08. The Bertz CT molecular complexity index is 656. The zero-order valence-corrected chi connectivity index (χ0v) is 15.9. The summed E-state index contributed by atoms with van der Waals surface area (Å²) in [4.78, 5) is 18.0. The van der Waals surface area contributed by atoms with Crippen LogP contribution in [0.1, 0.15) is 25.6 Å². The Morgan fingerprint density at radius 1 is 1.50 bits per heavy atom. The lowest BCUT2D eigenvalue weighted by Crippen LogP contribution is -2.52.